The van der Waals surface area contributed by atoms with Gasteiger partial charge in [0.1, 0.15) is 0 Å². The van der Waals surface area contributed by atoms with E-state index in [1.54, 1.807) is 7.05 Å². The number of piperidine rings is 1. The number of hydrogen-bond donors (Lipinski definition) is 2. The molecule has 0 aromatic heterocycles. The van der Waals surface area contributed by atoms with Crippen molar-refractivity contribution in [2.75, 3.05) is 20.1 Å². The van der Waals surface area contributed by atoms with Crippen LogP contribution < -0.4 is 5.32 Å². The summed E-state index contributed by atoms with van der Waals surface area (Å²) in [5.41, 5.74) is 0. The number of carbonyl (C=O) groups is 2. The van der Waals surface area contributed by atoms with Crippen molar-refractivity contribution in [2.24, 2.45) is 5.92 Å². The zero-order chi connectivity index (χ0) is 12.8. The number of amides is 1. The van der Waals surface area contributed by atoms with Crippen molar-refractivity contribution in [3.63, 3.8) is 0 Å². The van der Waals surface area contributed by atoms with Crippen LogP contribution in [-0.2, 0) is 9.59 Å². The average molecular weight is 242 g/mol. The summed E-state index contributed by atoms with van der Waals surface area (Å²) in [4.78, 5) is 24.2. The molecule has 0 aromatic rings. The summed E-state index contributed by atoms with van der Waals surface area (Å²) in [7, 11) is 1.78. The van der Waals surface area contributed by atoms with Gasteiger partial charge in [0.15, 0.2) is 0 Å². The standard InChI is InChI=1S/C12H22N2O3/c1-9(13-2)12(17)14-7-5-10(6-8-14)3-4-11(15)16/h9-10,13H,3-8H2,1-2H3,(H,15,16). The van der Waals surface area contributed by atoms with Gasteiger partial charge in [-0.15, -0.1) is 0 Å². The zero-order valence-electron chi connectivity index (χ0n) is 10.6. The van der Waals surface area contributed by atoms with Gasteiger partial charge >= 0.3 is 5.97 Å². The molecule has 1 rings (SSSR count). The molecule has 5 heteroatoms. The summed E-state index contributed by atoms with van der Waals surface area (Å²) in [5, 5.41) is 11.6. The number of aliphatic carboxylic acids is 1. The molecule has 0 aliphatic carbocycles. The van der Waals surface area contributed by atoms with Crippen LogP contribution >= 0.6 is 0 Å². The first-order valence-electron chi connectivity index (χ1n) is 6.22. The van der Waals surface area contributed by atoms with Gasteiger partial charge in [-0.05, 0) is 39.2 Å². The molecule has 1 aliphatic rings. The van der Waals surface area contributed by atoms with E-state index in [0.717, 1.165) is 32.4 Å². The largest absolute Gasteiger partial charge is 0.481 e. The molecule has 5 nitrogen and oxygen atoms in total. The first-order valence-corrected chi connectivity index (χ1v) is 6.22. The summed E-state index contributed by atoms with van der Waals surface area (Å²) in [6.45, 7) is 3.38. The van der Waals surface area contributed by atoms with Gasteiger partial charge in [-0.25, -0.2) is 0 Å². The van der Waals surface area contributed by atoms with Crippen molar-refractivity contribution >= 4 is 11.9 Å². The van der Waals surface area contributed by atoms with Crippen LogP contribution in [0.3, 0.4) is 0 Å². The van der Waals surface area contributed by atoms with Gasteiger partial charge in [-0.2, -0.15) is 0 Å². The van der Waals surface area contributed by atoms with Crippen LogP contribution in [0.4, 0.5) is 0 Å². The number of nitrogens with zero attached hydrogens (tertiary/aromatic N) is 1. The molecular formula is C12H22N2O3. The lowest BCUT2D eigenvalue weighted by Crippen LogP contribution is -2.47. The topological polar surface area (TPSA) is 69.6 Å². The van der Waals surface area contributed by atoms with Crippen LogP contribution in [-0.4, -0.2) is 48.1 Å². The second-order valence-electron chi connectivity index (χ2n) is 4.71. The van der Waals surface area contributed by atoms with Crippen molar-refractivity contribution in [2.45, 2.75) is 38.6 Å². The minimum atomic E-state index is -0.729. The van der Waals surface area contributed by atoms with Crippen LogP contribution in [0.15, 0.2) is 0 Å². The highest BCUT2D eigenvalue weighted by atomic mass is 16.4. The van der Waals surface area contributed by atoms with Gasteiger partial charge in [-0.3, -0.25) is 9.59 Å². The molecule has 0 aromatic carbocycles. The van der Waals surface area contributed by atoms with Crippen LogP contribution in [0.1, 0.15) is 32.6 Å². The Labute approximate surface area is 102 Å². The van der Waals surface area contributed by atoms with E-state index in [1.165, 1.54) is 0 Å². The third kappa shape index (κ3) is 4.34. The number of likely N-dealkylation sites (N-methyl/N-ethyl adjacent to an activating group) is 1. The van der Waals surface area contributed by atoms with Crippen LogP contribution in [0.2, 0.25) is 0 Å². The van der Waals surface area contributed by atoms with Crippen LogP contribution in [0.25, 0.3) is 0 Å². The third-order valence-corrected chi connectivity index (χ3v) is 3.50. The van der Waals surface area contributed by atoms with Gasteiger partial charge in [-0.1, -0.05) is 0 Å². The Morgan fingerprint density at radius 3 is 2.47 bits per heavy atom. The second-order valence-corrected chi connectivity index (χ2v) is 4.71. The number of likely N-dealkylation sites (tertiary alicyclic amines) is 1. The molecule has 0 saturated carbocycles. The van der Waals surface area contributed by atoms with E-state index in [2.05, 4.69) is 5.32 Å². The monoisotopic (exact) mass is 242 g/mol. The Bertz CT molecular complexity index is 273. The van der Waals surface area contributed by atoms with E-state index in [-0.39, 0.29) is 18.4 Å². The van der Waals surface area contributed by atoms with E-state index >= 15 is 0 Å². The maximum Gasteiger partial charge on any atom is 0.303 e. The van der Waals surface area contributed by atoms with Gasteiger partial charge in [0, 0.05) is 19.5 Å². The van der Waals surface area contributed by atoms with E-state index in [0.29, 0.717) is 5.92 Å². The first-order chi connectivity index (χ1) is 8.04. The predicted molar refractivity (Wildman–Crippen MR) is 64.7 cm³/mol. The maximum absolute atomic E-state index is 11.9. The third-order valence-electron chi connectivity index (χ3n) is 3.50. The Morgan fingerprint density at radius 1 is 1.41 bits per heavy atom. The van der Waals surface area contributed by atoms with Crippen LogP contribution in [0.5, 0.6) is 0 Å². The number of carbonyl (C=O) groups excluding carboxylic acids is 1. The van der Waals surface area contributed by atoms with Crippen molar-refractivity contribution in [1.29, 1.82) is 0 Å². The van der Waals surface area contributed by atoms with Crippen molar-refractivity contribution in [3.05, 3.63) is 0 Å². The molecule has 1 fully saturated rings. The molecule has 1 saturated heterocycles. The Balaban J connectivity index is 2.30. The summed E-state index contributed by atoms with van der Waals surface area (Å²) in [6.07, 6.45) is 2.83. The van der Waals surface area contributed by atoms with Crippen molar-refractivity contribution in [3.8, 4) is 0 Å². The molecule has 0 bridgehead atoms. The number of carboxylic acid groups (broad SMARTS) is 1. The lowest BCUT2D eigenvalue weighted by Gasteiger charge is -2.33. The highest BCUT2D eigenvalue weighted by Gasteiger charge is 2.25. The van der Waals surface area contributed by atoms with Gasteiger partial charge in [0.05, 0.1) is 6.04 Å². The first kappa shape index (κ1) is 14.0. The summed E-state index contributed by atoms with van der Waals surface area (Å²) < 4.78 is 0. The average Bonchev–Trinajstić information content (AvgIpc) is 2.35. The molecule has 1 heterocycles. The molecule has 0 spiro atoms. The van der Waals surface area contributed by atoms with Gasteiger partial charge in [0.2, 0.25) is 5.91 Å². The van der Waals surface area contributed by atoms with E-state index < -0.39 is 5.97 Å². The van der Waals surface area contributed by atoms with Crippen molar-refractivity contribution in [1.82, 2.24) is 10.2 Å². The molecular weight excluding hydrogens is 220 g/mol. The molecule has 98 valence electrons. The Hall–Kier alpha value is -1.10. The maximum atomic E-state index is 11.9. The molecule has 1 aliphatic heterocycles. The number of rotatable bonds is 5. The van der Waals surface area contributed by atoms with Crippen molar-refractivity contribution < 1.29 is 14.7 Å². The van der Waals surface area contributed by atoms with E-state index in [4.69, 9.17) is 5.11 Å². The number of hydrogen-bond acceptors (Lipinski definition) is 3. The second kappa shape index (κ2) is 6.59. The van der Waals surface area contributed by atoms with Gasteiger partial charge in [0.25, 0.3) is 0 Å². The SMILES string of the molecule is CNC(C)C(=O)N1CCC(CCC(=O)O)CC1. The predicted octanol–water partition coefficient (Wildman–Crippen LogP) is 0.698. The Morgan fingerprint density at radius 2 is 2.00 bits per heavy atom. The number of nitrogens with one attached hydrogen (secondary N) is 1. The smallest absolute Gasteiger partial charge is 0.303 e. The number of carboxylic acids is 1. The van der Waals surface area contributed by atoms with E-state index in [1.807, 2.05) is 11.8 Å². The fraction of sp³-hybridized carbons (Fsp3) is 0.833. The highest BCUT2D eigenvalue weighted by molar-refractivity contribution is 5.81. The zero-order valence-corrected chi connectivity index (χ0v) is 10.6. The summed E-state index contributed by atoms with van der Waals surface area (Å²) in [5.74, 6) is -0.128. The highest BCUT2D eigenvalue weighted by Crippen LogP contribution is 2.22. The molecule has 17 heavy (non-hydrogen) atoms. The van der Waals surface area contributed by atoms with Gasteiger partial charge < -0.3 is 15.3 Å². The fourth-order valence-corrected chi connectivity index (χ4v) is 2.17. The minimum absolute atomic E-state index is 0.134. The summed E-state index contributed by atoms with van der Waals surface area (Å²) >= 11 is 0. The Kier molecular flexibility index (Phi) is 5.41. The minimum Gasteiger partial charge on any atom is -0.481 e. The lowest BCUT2D eigenvalue weighted by molar-refractivity contribution is -0.138. The summed E-state index contributed by atoms with van der Waals surface area (Å²) in [6, 6.07) is -0.134. The quantitative estimate of drug-likeness (QED) is 0.744. The normalized spacial score (nSPS) is 19.1. The molecule has 1 unspecified atom stereocenters. The lowest BCUT2D eigenvalue weighted by atomic mass is 9.92. The van der Waals surface area contributed by atoms with E-state index in [9.17, 15) is 9.59 Å². The molecule has 1 amide bonds. The fourth-order valence-electron chi connectivity index (χ4n) is 2.17. The van der Waals surface area contributed by atoms with Crippen LogP contribution in [0, 0.1) is 5.92 Å². The molecule has 0 radical (unpaired) electrons. The molecule has 1 atom stereocenters. The molecule has 2 N–H and O–H groups in total.